The van der Waals surface area contributed by atoms with Gasteiger partial charge in [-0.15, -0.1) is 23.2 Å². The summed E-state index contributed by atoms with van der Waals surface area (Å²) in [4.78, 5) is 26.8. The van der Waals surface area contributed by atoms with Gasteiger partial charge in [-0.3, -0.25) is 4.79 Å². The Bertz CT molecular complexity index is 929. The van der Waals surface area contributed by atoms with E-state index < -0.39 is 12.1 Å². The first-order valence-corrected chi connectivity index (χ1v) is 14.8. The molecule has 0 amide bonds. The van der Waals surface area contributed by atoms with E-state index in [1.807, 2.05) is 6.92 Å². The van der Waals surface area contributed by atoms with Crippen LogP contribution in [0.3, 0.4) is 0 Å². The van der Waals surface area contributed by atoms with Crippen LogP contribution in [-0.2, 0) is 25.5 Å². The summed E-state index contributed by atoms with van der Waals surface area (Å²) < 4.78 is 11.2. The molecule has 1 saturated carbocycles. The number of carbonyl (C=O) groups is 2. The van der Waals surface area contributed by atoms with Gasteiger partial charge in [0, 0.05) is 43.0 Å². The number of allylic oxidation sites excluding steroid dienone is 2. The van der Waals surface area contributed by atoms with Crippen LogP contribution < -0.4 is 4.90 Å². The largest absolute Gasteiger partial charge is 0.462 e. The van der Waals surface area contributed by atoms with Crippen molar-refractivity contribution in [3.8, 4) is 0 Å². The number of hydrogen-bond donors (Lipinski definition) is 1. The Morgan fingerprint density at radius 2 is 1.87 bits per heavy atom. The third kappa shape index (κ3) is 9.94. The number of alkyl halides is 2. The summed E-state index contributed by atoms with van der Waals surface area (Å²) in [7, 11) is 0. The zero-order valence-corrected chi connectivity index (χ0v) is 23.8. The molecule has 0 spiro atoms. The van der Waals surface area contributed by atoms with Crippen LogP contribution in [-0.4, -0.2) is 60.2 Å². The van der Waals surface area contributed by atoms with Crippen LogP contribution in [0.25, 0.3) is 0 Å². The number of carbonyl (C=O) groups excluding carboxylic acids is 2. The zero-order valence-electron chi connectivity index (χ0n) is 22.3. The number of aryl methyl sites for hydroxylation is 1. The predicted octanol–water partition coefficient (Wildman–Crippen LogP) is 5.82. The van der Waals surface area contributed by atoms with E-state index in [1.54, 1.807) is 0 Å². The summed E-state index contributed by atoms with van der Waals surface area (Å²) in [6, 6.07) is 8.31. The van der Waals surface area contributed by atoms with E-state index in [-0.39, 0.29) is 30.0 Å². The van der Waals surface area contributed by atoms with Crippen molar-refractivity contribution in [1.29, 1.82) is 0 Å². The number of rotatable bonds is 10. The number of nitrogens with zero attached hydrogens (tertiary/aromatic N) is 1. The van der Waals surface area contributed by atoms with Crippen LogP contribution in [0.15, 0.2) is 48.6 Å². The number of benzene rings is 1. The van der Waals surface area contributed by atoms with Gasteiger partial charge < -0.3 is 19.5 Å². The van der Waals surface area contributed by atoms with Crippen molar-refractivity contribution in [3.05, 3.63) is 54.1 Å². The Morgan fingerprint density at radius 1 is 1.13 bits per heavy atom. The van der Waals surface area contributed by atoms with Crippen molar-refractivity contribution in [2.24, 2.45) is 11.8 Å². The summed E-state index contributed by atoms with van der Waals surface area (Å²) in [5.74, 6) is 0.437. The maximum Gasteiger partial charge on any atom is 0.330 e. The number of aliphatic hydroxyl groups excluding tert-OH is 1. The number of fused-ring (bicyclic) bond motifs is 1. The lowest BCUT2D eigenvalue weighted by Gasteiger charge is -2.23. The molecule has 0 radical (unpaired) electrons. The molecule has 0 unspecified atom stereocenters. The van der Waals surface area contributed by atoms with Gasteiger partial charge in [-0.2, -0.15) is 0 Å². The quantitative estimate of drug-likeness (QED) is 0.219. The van der Waals surface area contributed by atoms with E-state index in [1.165, 1.54) is 17.7 Å². The molecule has 1 aromatic carbocycles. The van der Waals surface area contributed by atoms with E-state index in [0.717, 1.165) is 44.5 Å². The molecule has 0 saturated heterocycles. The minimum absolute atomic E-state index is 0.0948. The van der Waals surface area contributed by atoms with E-state index >= 15 is 0 Å². The smallest absolute Gasteiger partial charge is 0.330 e. The number of anilines is 1. The van der Waals surface area contributed by atoms with Crippen molar-refractivity contribution in [1.82, 2.24) is 0 Å². The highest BCUT2D eigenvalue weighted by molar-refractivity contribution is 6.18. The molecule has 0 bridgehead atoms. The summed E-state index contributed by atoms with van der Waals surface area (Å²) in [5, 5.41) is 10.8. The normalized spacial score (nSPS) is 27.7. The molecule has 38 heavy (non-hydrogen) atoms. The summed E-state index contributed by atoms with van der Waals surface area (Å²) in [6.07, 6.45) is 11.6. The second kappa shape index (κ2) is 16.2. The number of halogens is 2. The van der Waals surface area contributed by atoms with Gasteiger partial charge in [-0.05, 0) is 87.5 Å². The van der Waals surface area contributed by atoms with Crippen LogP contribution in [0.4, 0.5) is 5.69 Å². The standard InChI is InChI=1S/C30H41Cl2NO5/c1-22-6-3-2-4-8-24-20-26(21-27(24)28(34)14-15-30(36)37-22)38-29(35)9-5-7-23-10-12-25(13-11-23)33(18-16-31)19-17-32/h4,8,10-15,22,24,26-28,34H,2-3,5-7,9,16-21H2,1H3/b8-4+,15-14+/t22-,24+,26-,27+,28+/m0/s1. The second-order valence-corrected chi connectivity index (χ2v) is 11.0. The fraction of sp³-hybridized carbons (Fsp3) is 0.600. The van der Waals surface area contributed by atoms with Gasteiger partial charge in [0.15, 0.2) is 0 Å². The fourth-order valence-electron chi connectivity index (χ4n) is 5.30. The molecular weight excluding hydrogens is 525 g/mol. The lowest BCUT2D eigenvalue weighted by molar-refractivity contribution is -0.149. The van der Waals surface area contributed by atoms with Crippen LogP contribution in [0, 0.1) is 11.8 Å². The van der Waals surface area contributed by atoms with Gasteiger partial charge in [-0.1, -0.05) is 24.3 Å². The molecule has 1 aliphatic heterocycles. The first-order valence-electron chi connectivity index (χ1n) is 13.8. The second-order valence-electron chi connectivity index (χ2n) is 10.3. The van der Waals surface area contributed by atoms with Crippen LogP contribution >= 0.6 is 23.2 Å². The molecule has 1 heterocycles. The molecule has 3 rings (SSSR count). The average molecular weight is 567 g/mol. The molecule has 1 fully saturated rings. The van der Waals surface area contributed by atoms with Crippen molar-refractivity contribution >= 4 is 40.8 Å². The van der Waals surface area contributed by atoms with Crippen LogP contribution in [0.5, 0.6) is 0 Å². The van der Waals surface area contributed by atoms with Gasteiger partial charge >= 0.3 is 11.9 Å². The Hall–Kier alpha value is -2.02. The van der Waals surface area contributed by atoms with E-state index in [0.29, 0.717) is 37.4 Å². The molecule has 2 aliphatic rings. The van der Waals surface area contributed by atoms with Gasteiger partial charge in [-0.25, -0.2) is 4.79 Å². The Balaban J connectivity index is 1.48. The zero-order chi connectivity index (χ0) is 27.3. The highest BCUT2D eigenvalue weighted by Crippen LogP contribution is 2.38. The van der Waals surface area contributed by atoms with E-state index in [9.17, 15) is 14.7 Å². The summed E-state index contributed by atoms with van der Waals surface area (Å²) >= 11 is 11.8. The molecule has 1 aromatic rings. The maximum atomic E-state index is 12.6. The molecule has 0 aromatic heterocycles. The van der Waals surface area contributed by atoms with Gasteiger partial charge in [0.05, 0.1) is 12.2 Å². The van der Waals surface area contributed by atoms with Crippen LogP contribution in [0.1, 0.15) is 57.4 Å². The number of aliphatic hydroxyl groups is 1. The Labute approximate surface area is 237 Å². The maximum absolute atomic E-state index is 12.6. The molecular formula is C30H41Cl2NO5. The number of esters is 2. The third-order valence-corrected chi connectivity index (χ3v) is 7.66. The van der Waals surface area contributed by atoms with Crippen molar-refractivity contribution in [2.45, 2.75) is 76.6 Å². The van der Waals surface area contributed by atoms with Gasteiger partial charge in [0.25, 0.3) is 0 Å². The highest BCUT2D eigenvalue weighted by Gasteiger charge is 2.38. The lowest BCUT2D eigenvalue weighted by Crippen LogP contribution is -2.27. The third-order valence-electron chi connectivity index (χ3n) is 7.33. The van der Waals surface area contributed by atoms with Crippen molar-refractivity contribution in [3.63, 3.8) is 0 Å². The SMILES string of the molecule is C[C@H]1CCC/C=C/[C@@H]2C[C@H](OC(=O)CCCc3ccc(N(CCCl)CCCl)cc3)C[C@H]2[C@H](O)/C=C/C(=O)O1. The first kappa shape index (κ1) is 30.5. The van der Waals surface area contributed by atoms with E-state index in [2.05, 4.69) is 41.3 Å². The molecule has 6 nitrogen and oxygen atoms in total. The minimum atomic E-state index is -0.801. The fourth-order valence-corrected chi connectivity index (χ4v) is 5.71. The number of hydrogen-bond acceptors (Lipinski definition) is 6. The lowest BCUT2D eigenvalue weighted by atomic mass is 9.90. The molecule has 210 valence electrons. The van der Waals surface area contributed by atoms with Crippen molar-refractivity contribution in [2.75, 3.05) is 29.7 Å². The highest BCUT2D eigenvalue weighted by atomic mass is 35.5. The number of cyclic esters (lactones) is 1. The topological polar surface area (TPSA) is 76.1 Å². The van der Waals surface area contributed by atoms with E-state index in [4.69, 9.17) is 32.7 Å². The van der Waals surface area contributed by atoms with Crippen molar-refractivity contribution < 1.29 is 24.2 Å². The molecule has 8 heteroatoms. The molecule has 5 atom stereocenters. The molecule has 1 aliphatic carbocycles. The number of ether oxygens (including phenoxy) is 2. The Morgan fingerprint density at radius 3 is 2.58 bits per heavy atom. The Kier molecular flexibility index (Phi) is 13.0. The summed E-state index contributed by atoms with van der Waals surface area (Å²) in [5.41, 5.74) is 2.26. The van der Waals surface area contributed by atoms with Crippen LogP contribution in [0.2, 0.25) is 0 Å². The first-order chi connectivity index (χ1) is 18.4. The molecule has 1 N–H and O–H groups in total. The minimum Gasteiger partial charge on any atom is -0.462 e. The van der Waals surface area contributed by atoms with Gasteiger partial charge in [0.1, 0.15) is 6.10 Å². The summed E-state index contributed by atoms with van der Waals surface area (Å²) in [6.45, 7) is 3.38. The predicted molar refractivity (Wildman–Crippen MR) is 153 cm³/mol. The van der Waals surface area contributed by atoms with Gasteiger partial charge in [0.2, 0.25) is 0 Å². The monoisotopic (exact) mass is 565 g/mol. The average Bonchev–Trinajstić information content (AvgIpc) is 3.29.